The Morgan fingerprint density at radius 1 is 1.00 bits per heavy atom. The maximum atomic E-state index is 14.9. The number of likely N-dealkylation sites (tertiary alicyclic amines) is 1. The molecule has 1 aliphatic rings. The van der Waals surface area contributed by atoms with Crippen LogP contribution in [0, 0.1) is 16.0 Å². The lowest BCUT2D eigenvalue weighted by molar-refractivity contribution is -0.384. The summed E-state index contributed by atoms with van der Waals surface area (Å²) in [6, 6.07) is 16.2. The number of fused-ring (bicyclic) bond motifs is 1. The predicted molar refractivity (Wildman–Crippen MR) is 183 cm³/mol. The Kier molecular flexibility index (Phi) is 11.8. The fourth-order valence-electron chi connectivity index (χ4n) is 6.50. The van der Waals surface area contributed by atoms with Gasteiger partial charge in [-0.2, -0.15) is 13.2 Å². The minimum atomic E-state index is -5.05. The van der Waals surface area contributed by atoms with Crippen molar-refractivity contribution in [2.75, 3.05) is 47.1 Å². The molecule has 1 unspecified atom stereocenters. The van der Waals surface area contributed by atoms with Crippen molar-refractivity contribution in [2.24, 2.45) is 5.92 Å². The number of halogens is 3. The van der Waals surface area contributed by atoms with Crippen LogP contribution in [-0.2, 0) is 28.1 Å². The van der Waals surface area contributed by atoms with E-state index < -0.39 is 23.2 Å². The van der Waals surface area contributed by atoms with Crippen molar-refractivity contribution in [2.45, 2.75) is 50.9 Å². The molecule has 5 rings (SSSR count). The quantitative estimate of drug-likeness (QED) is 0.0819. The molecule has 0 bridgehead atoms. The minimum absolute atomic E-state index is 0.00599. The lowest BCUT2D eigenvalue weighted by Gasteiger charge is -2.39. The number of aromatic nitrogens is 1. The highest BCUT2D eigenvalue weighted by atomic mass is 19.4. The van der Waals surface area contributed by atoms with Gasteiger partial charge in [-0.25, -0.2) is 0 Å². The molecule has 3 aromatic carbocycles. The number of aryl methyl sites for hydroxylation is 1. The van der Waals surface area contributed by atoms with Crippen molar-refractivity contribution in [1.29, 1.82) is 0 Å². The van der Waals surface area contributed by atoms with Crippen molar-refractivity contribution >= 4 is 22.6 Å². The molecule has 274 valence electrons. The maximum absolute atomic E-state index is 14.9. The third kappa shape index (κ3) is 8.56. The molecule has 2 heterocycles. The Balaban J connectivity index is 1.30. The van der Waals surface area contributed by atoms with Crippen LogP contribution < -0.4 is 14.2 Å². The van der Waals surface area contributed by atoms with Crippen LogP contribution in [0.4, 0.5) is 18.9 Å². The molecular weight excluding hydrogens is 671 g/mol. The molecule has 1 aromatic heterocycles. The van der Waals surface area contributed by atoms with Crippen LogP contribution in [0.5, 0.6) is 17.2 Å². The van der Waals surface area contributed by atoms with E-state index >= 15 is 0 Å². The van der Waals surface area contributed by atoms with Gasteiger partial charge in [0.25, 0.3) is 5.69 Å². The maximum Gasteiger partial charge on any atom is 0.422 e. The fourth-order valence-corrected chi connectivity index (χ4v) is 6.50. The zero-order chi connectivity index (χ0) is 36.8. The molecule has 1 fully saturated rings. The van der Waals surface area contributed by atoms with Gasteiger partial charge in [0.2, 0.25) is 11.4 Å². The number of alkyl halides is 3. The summed E-state index contributed by atoms with van der Waals surface area (Å²) in [5.74, 6) is 0.944. The average Bonchev–Trinajstić information content (AvgIpc) is 3.48. The van der Waals surface area contributed by atoms with Gasteiger partial charge in [-0.1, -0.05) is 30.3 Å². The number of carbonyl (C=O) groups excluding carboxylic acids is 1. The minimum Gasteiger partial charge on any atom is -0.493 e. The van der Waals surface area contributed by atoms with Crippen molar-refractivity contribution < 1.29 is 46.9 Å². The first-order chi connectivity index (χ1) is 24.4. The Bertz CT molecular complexity index is 1800. The second-order valence-corrected chi connectivity index (χ2v) is 12.6. The molecule has 1 atom stereocenters. The standard InChI is InChI=1S/C37H42F3N3O8/c1-4-50-34(44)13-10-27-18-32(48-2)35(33(19-27)49-3)51-23-26-14-16-41(17-15-26)24-36(45,37(38,39)40)30-22-42(21-25-8-6-5-7-9-25)31-20-28(43(46)47)11-12-29(30)31/h5-9,11-12,18-20,22,26,45H,4,10,13-17,21,23-24H2,1-3H3. The number of ether oxygens (including phenoxy) is 4. The third-order valence-corrected chi connectivity index (χ3v) is 9.25. The molecule has 0 amide bonds. The van der Waals surface area contributed by atoms with E-state index in [0.717, 1.165) is 17.2 Å². The number of β-amino-alcohol motifs (C(OH)–C–C–N with tert-alkyl or cyclic N) is 1. The lowest BCUT2D eigenvalue weighted by Crippen LogP contribution is -2.52. The van der Waals surface area contributed by atoms with Gasteiger partial charge in [0, 0.05) is 48.8 Å². The third-order valence-electron chi connectivity index (χ3n) is 9.25. The molecular formula is C37H42F3N3O8. The monoisotopic (exact) mass is 713 g/mol. The second kappa shape index (κ2) is 16.0. The van der Waals surface area contributed by atoms with E-state index in [0.29, 0.717) is 43.1 Å². The molecule has 1 aliphatic heterocycles. The molecule has 51 heavy (non-hydrogen) atoms. The van der Waals surface area contributed by atoms with Crippen LogP contribution >= 0.6 is 0 Å². The number of hydrogen-bond acceptors (Lipinski definition) is 9. The number of piperidine rings is 1. The van der Waals surface area contributed by atoms with Gasteiger partial charge in [0.1, 0.15) is 0 Å². The van der Waals surface area contributed by atoms with E-state index in [4.69, 9.17) is 18.9 Å². The lowest BCUT2D eigenvalue weighted by atomic mass is 9.90. The van der Waals surface area contributed by atoms with Gasteiger partial charge in [-0.3, -0.25) is 19.8 Å². The molecule has 0 spiro atoms. The number of nitro benzene ring substituents is 1. The number of hydrogen-bond donors (Lipinski definition) is 1. The van der Waals surface area contributed by atoms with Gasteiger partial charge in [-0.05, 0) is 74.5 Å². The highest BCUT2D eigenvalue weighted by Crippen LogP contribution is 2.45. The summed E-state index contributed by atoms with van der Waals surface area (Å²) >= 11 is 0. The van der Waals surface area contributed by atoms with Crippen molar-refractivity contribution in [3.63, 3.8) is 0 Å². The Morgan fingerprint density at radius 2 is 1.67 bits per heavy atom. The molecule has 0 radical (unpaired) electrons. The summed E-state index contributed by atoms with van der Waals surface area (Å²) in [6.07, 6.45) is -2.15. The largest absolute Gasteiger partial charge is 0.493 e. The number of nitrogens with zero attached hydrogens (tertiary/aromatic N) is 3. The Hall–Kier alpha value is -4.82. The zero-order valence-electron chi connectivity index (χ0n) is 28.8. The Labute approximate surface area is 293 Å². The van der Waals surface area contributed by atoms with E-state index in [1.807, 2.05) is 18.2 Å². The van der Waals surface area contributed by atoms with Gasteiger partial charge in [0.15, 0.2) is 11.5 Å². The van der Waals surface area contributed by atoms with E-state index in [1.165, 1.54) is 37.1 Å². The highest BCUT2D eigenvalue weighted by Gasteiger charge is 2.57. The van der Waals surface area contributed by atoms with Crippen LogP contribution in [0.2, 0.25) is 0 Å². The van der Waals surface area contributed by atoms with Crippen LogP contribution in [0.15, 0.2) is 66.9 Å². The number of aliphatic hydroxyl groups is 1. The topological polar surface area (TPSA) is 126 Å². The molecule has 11 nitrogen and oxygen atoms in total. The van der Waals surface area contributed by atoms with Crippen molar-refractivity contribution in [3.05, 3.63) is 93.7 Å². The number of rotatable bonds is 15. The highest BCUT2D eigenvalue weighted by molar-refractivity contribution is 5.87. The van der Waals surface area contributed by atoms with Gasteiger partial charge in [-0.15, -0.1) is 0 Å². The number of esters is 1. The summed E-state index contributed by atoms with van der Waals surface area (Å²) in [6.45, 7) is 2.32. The summed E-state index contributed by atoms with van der Waals surface area (Å²) in [4.78, 5) is 24.4. The number of non-ortho nitro benzene ring substituents is 1. The first-order valence-electron chi connectivity index (χ1n) is 16.7. The van der Waals surface area contributed by atoms with Crippen molar-refractivity contribution in [1.82, 2.24) is 9.47 Å². The van der Waals surface area contributed by atoms with Crippen LogP contribution in [0.1, 0.15) is 42.9 Å². The first-order valence-corrected chi connectivity index (χ1v) is 16.7. The fraction of sp³-hybridized carbons (Fsp3) is 0.432. The van der Waals surface area contributed by atoms with Gasteiger partial charge in [0.05, 0.1) is 37.9 Å². The van der Waals surface area contributed by atoms with E-state index in [1.54, 1.807) is 36.1 Å². The summed E-state index contributed by atoms with van der Waals surface area (Å²) < 4.78 is 68.6. The molecule has 4 aromatic rings. The van der Waals surface area contributed by atoms with Crippen LogP contribution in [-0.4, -0.2) is 78.7 Å². The van der Waals surface area contributed by atoms with E-state index in [9.17, 15) is 33.2 Å². The number of carbonyl (C=O) groups is 1. The number of methoxy groups -OCH3 is 2. The second-order valence-electron chi connectivity index (χ2n) is 12.6. The SMILES string of the molecule is CCOC(=O)CCc1cc(OC)c(OCC2CCN(CC(O)(c3cn(Cc4ccccc4)c4cc([N+](=O)[O-])ccc34)C(F)(F)F)CC2)c(OC)c1. The normalized spacial score (nSPS) is 15.4. The molecule has 14 heteroatoms. The molecule has 1 N–H and O–H groups in total. The van der Waals surface area contributed by atoms with Crippen LogP contribution in [0.3, 0.4) is 0 Å². The zero-order valence-corrected chi connectivity index (χ0v) is 28.8. The first kappa shape index (κ1) is 37.4. The van der Waals surface area contributed by atoms with Gasteiger partial charge < -0.3 is 28.6 Å². The summed E-state index contributed by atoms with van der Waals surface area (Å²) in [5.41, 5.74) is -2.06. The predicted octanol–water partition coefficient (Wildman–Crippen LogP) is 6.65. The average molecular weight is 714 g/mol. The van der Waals surface area contributed by atoms with E-state index in [2.05, 4.69) is 0 Å². The number of benzene rings is 3. The smallest absolute Gasteiger partial charge is 0.422 e. The molecule has 0 saturated carbocycles. The summed E-state index contributed by atoms with van der Waals surface area (Å²) in [5, 5.41) is 23.2. The molecule has 0 aliphatic carbocycles. The molecule has 1 saturated heterocycles. The van der Waals surface area contributed by atoms with E-state index in [-0.39, 0.29) is 66.7 Å². The number of nitro groups is 1. The Morgan fingerprint density at radius 3 is 2.25 bits per heavy atom. The van der Waals surface area contributed by atoms with Gasteiger partial charge >= 0.3 is 12.1 Å². The van der Waals surface area contributed by atoms with Crippen LogP contribution in [0.25, 0.3) is 10.9 Å². The van der Waals surface area contributed by atoms with Crippen molar-refractivity contribution in [3.8, 4) is 17.2 Å². The summed E-state index contributed by atoms with van der Waals surface area (Å²) in [7, 11) is 2.99.